The van der Waals surface area contributed by atoms with Gasteiger partial charge in [-0.15, -0.1) is 5.10 Å². The Kier molecular flexibility index (Phi) is 8.63. The van der Waals surface area contributed by atoms with E-state index in [1.165, 1.54) is 12.8 Å². The van der Waals surface area contributed by atoms with E-state index in [4.69, 9.17) is 4.74 Å². The summed E-state index contributed by atoms with van der Waals surface area (Å²) in [7, 11) is 0. The molecule has 0 spiro atoms. The first kappa shape index (κ1) is 17.1. The van der Waals surface area contributed by atoms with Crippen molar-refractivity contribution in [2.24, 2.45) is 5.41 Å². The van der Waals surface area contributed by atoms with E-state index in [0.29, 0.717) is 18.1 Å². The summed E-state index contributed by atoms with van der Waals surface area (Å²) in [5.74, 6) is 0. The average Bonchev–Trinajstić information content (AvgIpc) is 2.69. The van der Waals surface area contributed by atoms with Crippen LogP contribution in [-0.4, -0.2) is 27.7 Å². The van der Waals surface area contributed by atoms with E-state index in [2.05, 4.69) is 38.0 Å². The number of nitrogens with zero attached hydrogens (tertiary/aromatic N) is 3. The molecule has 1 rings (SSSR count). The zero-order chi connectivity index (χ0) is 14.0. The maximum atomic E-state index is 5.33. The van der Waals surface area contributed by atoms with E-state index in [9.17, 15) is 0 Å². The van der Waals surface area contributed by atoms with Crippen LogP contribution in [0.4, 0.5) is 0 Å². The average molecular weight is 255 g/mol. The van der Waals surface area contributed by atoms with Crippen molar-refractivity contribution in [1.82, 2.24) is 15.0 Å². The quantitative estimate of drug-likeness (QED) is 0.808. The first-order chi connectivity index (χ1) is 8.35. The van der Waals surface area contributed by atoms with Crippen molar-refractivity contribution in [3.05, 3.63) is 12.4 Å². The van der Waals surface area contributed by atoms with Gasteiger partial charge in [-0.2, -0.15) is 0 Å². The van der Waals surface area contributed by atoms with Crippen LogP contribution >= 0.6 is 0 Å². The molecule has 0 unspecified atom stereocenters. The molecule has 1 aromatic rings. The summed E-state index contributed by atoms with van der Waals surface area (Å²) in [6, 6.07) is 0. The van der Waals surface area contributed by atoms with E-state index < -0.39 is 0 Å². The second kappa shape index (κ2) is 9.09. The zero-order valence-corrected chi connectivity index (χ0v) is 12.8. The molecule has 0 aliphatic heterocycles. The van der Waals surface area contributed by atoms with Crippen LogP contribution in [0.25, 0.3) is 0 Å². The third-order valence-electron chi connectivity index (χ3n) is 2.24. The van der Waals surface area contributed by atoms with Crippen LogP contribution < -0.4 is 0 Å². The standard InChI is InChI=1S/C7H13N3O.C7H16/c1-7(2)11-6-5-10-4-3-8-9-10;1-5-6-7(2,3)4/h3-4,7H,5-6H2,1-2H3;5-6H2,1-4H3. The second-order valence-corrected chi connectivity index (χ2v) is 5.90. The van der Waals surface area contributed by atoms with Gasteiger partial charge in [0.1, 0.15) is 0 Å². The topological polar surface area (TPSA) is 39.9 Å². The third kappa shape index (κ3) is 11.6. The largest absolute Gasteiger partial charge is 0.377 e. The van der Waals surface area contributed by atoms with Gasteiger partial charge in [0.25, 0.3) is 0 Å². The third-order valence-corrected chi connectivity index (χ3v) is 2.24. The molecule has 0 saturated heterocycles. The lowest BCUT2D eigenvalue weighted by Gasteiger charge is -2.15. The number of hydrogen-bond acceptors (Lipinski definition) is 3. The summed E-state index contributed by atoms with van der Waals surface area (Å²) in [4.78, 5) is 0. The molecule has 0 aromatic carbocycles. The van der Waals surface area contributed by atoms with Gasteiger partial charge >= 0.3 is 0 Å². The number of ether oxygens (including phenoxy) is 1. The van der Waals surface area contributed by atoms with Gasteiger partial charge in [0.2, 0.25) is 0 Å². The summed E-state index contributed by atoms with van der Waals surface area (Å²) < 4.78 is 7.08. The first-order valence-corrected chi connectivity index (χ1v) is 6.81. The van der Waals surface area contributed by atoms with Crippen molar-refractivity contribution >= 4 is 0 Å². The summed E-state index contributed by atoms with van der Waals surface area (Å²) in [5, 5.41) is 7.48. The van der Waals surface area contributed by atoms with Crippen molar-refractivity contribution in [3.8, 4) is 0 Å². The van der Waals surface area contributed by atoms with Crippen molar-refractivity contribution < 1.29 is 4.74 Å². The first-order valence-electron chi connectivity index (χ1n) is 6.81. The molecule has 18 heavy (non-hydrogen) atoms. The molecule has 1 aromatic heterocycles. The fraction of sp³-hybridized carbons (Fsp3) is 0.857. The highest BCUT2D eigenvalue weighted by Gasteiger charge is 2.06. The monoisotopic (exact) mass is 255 g/mol. The molecular weight excluding hydrogens is 226 g/mol. The summed E-state index contributed by atoms with van der Waals surface area (Å²) in [6.07, 6.45) is 6.42. The van der Waals surface area contributed by atoms with E-state index in [-0.39, 0.29) is 0 Å². The minimum absolute atomic E-state index is 0.290. The molecule has 4 heteroatoms. The van der Waals surface area contributed by atoms with Crippen LogP contribution in [0.5, 0.6) is 0 Å². The van der Waals surface area contributed by atoms with Crippen LogP contribution in [0.3, 0.4) is 0 Å². The summed E-state index contributed by atoms with van der Waals surface area (Å²) >= 11 is 0. The van der Waals surface area contributed by atoms with Gasteiger partial charge in [-0.05, 0) is 25.7 Å². The molecule has 0 saturated carbocycles. The smallest absolute Gasteiger partial charge is 0.0692 e. The fourth-order valence-electron chi connectivity index (χ4n) is 1.48. The highest BCUT2D eigenvalue weighted by molar-refractivity contribution is 4.63. The van der Waals surface area contributed by atoms with E-state index in [1.54, 1.807) is 10.9 Å². The van der Waals surface area contributed by atoms with Crippen LogP contribution in [0.15, 0.2) is 12.4 Å². The molecule has 106 valence electrons. The predicted molar refractivity (Wildman–Crippen MR) is 75.5 cm³/mol. The zero-order valence-electron chi connectivity index (χ0n) is 12.8. The lowest BCUT2D eigenvalue weighted by atomic mass is 9.91. The number of aromatic nitrogens is 3. The maximum Gasteiger partial charge on any atom is 0.0692 e. The minimum Gasteiger partial charge on any atom is -0.377 e. The van der Waals surface area contributed by atoms with Gasteiger partial charge in [0.05, 0.1) is 25.5 Å². The van der Waals surface area contributed by atoms with Crippen LogP contribution in [0.1, 0.15) is 54.4 Å². The molecule has 0 radical (unpaired) electrons. The number of hydrogen-bond donors (Lipinski definition) is 0. The molecule has 0 aliphatic rings. The van der Waals surface area contributed by atoms with Gasteiger partial charge in [0, 0.05) is 6.20 Å². The Labute approximate surface area is 112 Å². The van der Waals surface area contributed by atoms with Crippen molar-refractivity contribution in [3.63, 3.8) is 0 Å². The van der Waals surface area contributed by atoms with Crippen molar-refractivity contribution in [2.45, 2.75) is 67.0 Å². The molecular formula is C14H29N3O. The molecule has 0 fully saturated rings. The van der Waals surface area contributed by atoms with E-state index in [0.717, 1.165) is 6.54 Å². The molecule has 0 amide bonds. The van der Waals surface area contributed by atoms with Crippen LogP contribution in [0.2, 0.25) is 0 Å². The van der Waals surface area contributed by atoms with Gasteiger partial charge in [-0.25, -0.2) is 0 Å². The molecule has 4 nitrogen and oxygen atoms in total. The minimum atomic E-state index is 0.290. The van der Waals surface area contributed by atoms with Crippen molar-refractivity contribution in [1.29, 1.82) is 0 Å². The fourth-order valence-corrected chi connectivity index (χ4v) is 1.48. The SMILES string of the molecule is CC(C)OCCn1ccnn1.CCCC(C)(C)C. The highest BCUT2D eigenvalue weighted by Crippen LogP contribution is 2.19. The highest BCUT2D eigenvalue weighted by atomic mass is 16.5. The van der Waals surface area contributed by atoms with Gasteiger partial charge < -0.3 is 4.74 Å². The maximum absolute atomic E-state index is 5.33. The van der Waals surface area contributed by atoms with Gasteiger partial charge in [0.15, 0.2) is 0 Å². The Balaban J connectivity index is 0.000000360. The van der Waals surface area contributed by atoms with E-state index >= 15 is 0 Å². The summed E-state index contributed by atoms with van der Waals surface area (Å²) in [6.45, 7) is 14.6. The van der Waals surface area contributed by atoms with Gasteiger partial charge in [-0.1, -0.05) is 39.3 Å². The lowest BCUT2D eigenvalue weighted by molar-refractivity contribution is 0.0707. The molecule has 0 bridgehead atoms. The lowest BCUT2D eigenvalue weighted by Crippen LogP contribution is -2.10. The number of rotatable bonds is 5. The Hall–Kier alpha value is -0.900. The Morgan fingerprint density at radius 3 is 2.28 bits per heavy atom. The van der Waals surface area contributed by atoms with Crippen LogP contribution in [-0.2, 0) is 11.3 Å². The second-order valence-electron chi connectivity index (χ2n) is 5.90. The Bertz CT molecular complexity index is 276. The molecule has 0 N–H and O–H groups in total. The summed E-state index contributed by atoms with van der Waals surface area (Å²) in [5.41, 5.74) is 0.550. The van der Waals surface area contributed by atoms with Gasteiger partial charge in [-0.3, -0.25) is 4.68 Å². The van der Waals surface area contributed by atoms with Crippen molar-refractivity contribution in [2.75, 3.05) is 6.61 Å². The normalized spacial score (nSPS) is 11.3. The molecule has 0 aliphatic carbocycles. The Morgan fingerprint density at radius 1 is 1.28 bits per heavy atom. The van der Waals surface area contributed by atoms with Crippen LogP contribution in [0, 0.1) is 5.41 Å². The molecule has 0 atom stereocenters. The van der Waals surface area contributed by atoms with E-state index in [1.807, 2.05) is 20.0 Å². The predicted octanol–water partition coefficient (Wildman–Crippen LogP) is 3.54. The Morgan fingerprint density at radius 2 is 1.94 bits per heavy atom. The molecule has 1 heterocycles.